The van der Waals surface area contributed by atoms with Gasteiger partial charge in [-0.3, -0.25) is 29.4 Å². The highest BCUT2D eigenvalue weighted by atomic mass is 127. The van der Waals surface area contributed by atoms with E-state index in [1.807, 2.05) is 81.4 Å². The van der Waals surface area contributed by atoms with Crippen molar-refractivity contribution < 1.29 is 28.7 Å². The smallest absolute Gasteiger partial charge is 0.410 e. The van der Waals surface area contributed by atoms with Gasteiger partial charge in [0.1, 0.15) is 39.3 Å². The standard InChI is InChI=1S/C26H28N6O2S2.C19H18IN5O2S2.C12H19NO2.3CH4.CH3/c1-16-20(9-8-17-10-12-27-13-11-17)36-26-22(16)35-15-19(25(34)32(26)2)28-24(33)23-29-21(30-31-23)14-18-6-4-3-5-7-18;1-10-14-19(29-15(10)20)25(2)18(27)12(9-28-14)21-17(26)16-22-13(23-24-16)8-11-6-4-3-5-7-11;1-5-10-6-8-13(9-7-10)11(14)15-12(2,3)4;;;;/h3-7,17,19,27H,10-15H2,1-2H3,(H,28,33)(H,29,30,31);3-7,12H,8-9H2,1-2H3,(H,21,26)(H,22,23,24);1,10H,6-9H2,2-4H3;3*1H4;1H3/q;;;;;;-1/t19-;12-;;;;;/m00...../s1. The number of aromatic nitrogens is 6. The van der Waals surface area contributed by atoms with Crippen LogP contribution < -0.4 is 25.8 Å². The molecule has 4 aliphatic rings. The van der Waals surface area contributed by atoms with Crippen LogP contribution in [0.3, 0.4) is 0 Å². The highest BCUT2D eigenvalue weighted by Crippen LogP contribution is 2.45. The molecule has 5 amide bonds. The molecule has 2 fully saturated rings. The second kappa shape index (κ2) is 32.3. The Morgan fingerprint density at radius 1 is 0.726 bits per heavy atom. The Balaban J connectivity index is 0.000000284. The fourth-order valence-electron chi connectivity index (χ4n) is 8.86. The highest BCUT2D eigenvalue weighted by molar-refractivity contribution is 14.1. The second-order valence-corrected chi connectivity index (χ2v) is 26.4. The summed E-state index contributed by atoms with van der Waals surface area (Å²) in [5, 5.41) is 24.5. The zero-order valence-corrected chi connectivity index (χ0v) is 52.2. The lowest BCUT2D eigenvalue weighted by atomic mass is 9.98. The predicted molar refractivity (Wildman–Crippen MR) is 351 cm³/mol. The Bertz CT molecular complexity index is 3270. The van der Waals surface area contributed by atoms with Crippen LogP contribution in [0.5, 0.6) is 0 Å². The SMILES string of the molecule is C.C.C.C#CC1CCN(C(=O)OC(C)(C)C)CC1.Cc1c(C#CC2CCNCC2)sc2c1SC[C@H](NC(=O)c1n[nH]c(Cc3ccccc3)n1)C(=O)N2C.Cc1c(I)sc2c1SC[C@H](NC(=O)c1n[nH]c(Cc3ccccc3)n1)C(=O)N2C.[CH3-]. The van der Waals surface area contributed by atoms with Crippen molar-refractivity contribution in [3.05, 3.63) is 121 Å². The average Bonchev–Trinajstić information content (AvgIpc) is 3.08. The van der Waals surface area contributed by atoms with Gasteiger partial charge in [-0.1, -0.05) is 94.8 Å². The number of hydrogen-bond acceptors (Lipinski definition) is 15. The van der Waals surface area contributed by atoms with Gasteiger partial charge in [-0.2, -0.15) is 0 Å². The number of benzene rings is 2. The molecule has 0 saturated carbocycles. The van der Waals surface area contributed by atoms with Crippen molar-refractivity contribution in [3.8, 4) is 24.2 Å². The molecule has 5 N–H and O–H groups in total. The number of nitrogens with one attached hydrogen (secondary N) is 5. The zero-order chi connectivity index (χ0) is 57.1. The van der Waals surface area contributed by atoms with E-state index < -0.39 is 29.5 Å². The lowest BCUT2D eigenvalue weighted by Crippen LogP contribution is -2.48. The van der Waals surface area contributed by atoms with Gasteiger partial charge in [0.2, 0.25) is 11.6 Å². The van der Waals surface area contributed by atoms with Gasteiger partial charge >= 0.3 is 6.09 Å². The lowest BCUT2D eigenvalue weighted by Gasteiger charge is -2.31. The molecule has 0 unspecified atom stereocenters. The number of thioether (sulfide) groups is 2. The highest BCUT2D eigenvalue weighted by Gasteiger charge is 2.35. The quantitative estimate of drug-likeness (QED) is 0.0544. The molecule has 23 heteroatoms. The number of likely N-dealkylation sites (tertiary alicyclic amines) is 1. The molecule has 84 heavy (non-hydrogen) atoms. The van der Waals surface area contributed by atoms with Gasteiger partial charge in [-0.15, -0.1) is 68.7 Å². The third-order valence-corrected chi connectivity index (χ3v) is 20.1. The van der Waals surface area contributed by atoms with Crippen molar-refractivity contribution in [2.24, 2.45) is 11.8 Å². The van der Waals surface area contributed by atoms with Gasteiger partial charge in [0.25, 0.3) is 23.6 Å². The van der Waals surface area contributed by atoms with E-state index in [4.69, 9.17) is 11.2 Å². The van der Waals surface area contributed by atoms with Crippen molar-refractivity contribution in [1.29, 1.82) is 0 Å². The fourth-order valence-corrected chi connectivity index (χ4v) is 14.9. The number of terminal acetylenes is 1. The Morgan fingerprint density at radius 3 is 1.65 bits per heavy atom. The third kappa shape index (κ3) is 18.4. The Labute approximate surface area is 526 Å². The molecule has 4 aliphatic heterocycles. The number of anilines is 2. The number of amides is 5. The summed E-state index contributed by atoms with van der Waals surface area (Å²) in [5.41, 5.74) is 4.01. The fraction of sp³-hybridized carbons (Fsp3) is 0.443. The first kappa shape index (κ1) is 70.3. The van der Waals surface area contributed by atoms with Crippen molar-refractivity contribution >= 4 is 109 Å². The molecule has 2 aromatic carbocycles. The molecule has 18 nitrogen and oxygen atoms in total. The monoisotopic (exact) mass is 1330 g/mol. The van der Waals surface area contributed by atoms with Gasteiger partial charge in [0, 0.05) is 73.2 Å². The molecule has 0 radical (unpaired) electrons. The van der Waals surface area contributed by atoms with E-state index in [0.717, 1.165) is 80.1 Å². The third-order valence-electron chi connectivity index (χ3n) is 13.4. The van der Waals surface area contributed by atoms with Gasteiger partial charge in [0.05, 0.1) is 7.76 Å². The number of piperidine rings is 2. The minimum atomic E-state index is -0.674. The van der Waals surface area contributed by atoms with E-state index in [0.29, 0.717) is 60.9 Å². The number of ether oxygens (including phenoxy) is 1. The molecular formula is C61H80IN12O6S4-. The van der Waals surface area contributed by atoms with Crippen LogP contribution in [0.1, 0.15) is 129 Å². The molecule has 0 aliphatic carbocycles. The number of fused-ring (bicyclic) bond motifs is 2. The maximum absolute atomic E-state index is 13.3. The molecule has 4 aromatic heterocycles. The lowest BCUT2D eigenvalue weighted by molar-refractivity contribution is -0.120. The summed E-state index contributed by atoms with van der Waals surface area (Å²) in [5.74, 6) is 11.3. The van der Waals surface area contributed by atoms with Crippen LogP contribution in [0.15, 0.2) is 70.5 Å². The molecule has 0 bridgehead atoms. The summed E-state index contributed by atoms with van der Waals surface area (Å²) in [6, 6.07) is 18.4. The van der Waals surface area contributed by atoms with Crippen LogP contribution in [0.4, 0.5) is 14.8 Å². The van der Waals surface area contributed by atoms with Crippen LogP contribution >= 0.6 is 68.8 Å². The molecule has 10 rings (SSSR count). The van der Waals surface area contributed by atoms with Crippen molar-refractivity contribution in [2.75, 3.05) is 61.6 Å². The molecule has 2 saturated heterocycles. The Morgan fingerprint density at radius 2 is 1.19 bits per heavy atom. The zero-order valence-electron chi connectivity index (χ0n) is 46.7. The molecule has 0 spiro atoms. The van der Waals surface area contributed by atoms with Gasteiger partial charge in [0.15, 0.2) is 0 Å². The van der Waals surface area contributed by atoms with Crippen LogP contribution in [0.2, 0.25) is 0 Å². The van der Waals surface area contributed by atoms with Crippen LogP contribution in [0, 0.1) is 60.2 Å². The molecule has 452 valence electrons. The summed E-state index contributed by atoms with van der Waals surface area (Å²) in [6.45, 7) is 13.2. The predicted octanol–water partition coefficient (Wildman–Crippen LogP) is 10.8. The van der Waals surface area contributed by atoms with E-state index in [1.54, 1.807) is 75.0 Å². The summed E-state index contributed by atoms with van der Waals surface area (Å²) >= 11 is 8.62. The first-order valence-electron chi connectivity index (χ1n) is 26.3. The topological polar surface area (TPSA) is 224 Å². The molecular weight excluding hydrogens is 1250 g/mol. The number of halogens is 1. The molecule has 8 heterocycles. The van der Waals surface area contributed by atoms with Gasteiger partial charge < -0.3 is 42.8 Å². The summed E-state index contributed by atoms with van der Waals surface area (Å²) in [6.07, 6.45) is 10.1. The number of H-pyrrole nitrogens is 2. The number of carbonyl (C=O) groups excluding carboxylic acids is 5. The molecule has 2 atom stereocenters. The largest absolute Gasteiger partial charge is 0.444 e. The van der Waals surface area contributed by atoms with E-state index >= 15 is 0 Å². The molecule has 6 aromatic rings. The summed E-state index contributed by atoms with van der Waals surface area (Å²) < 4.78 is 6.46. The number of likely N-dealkylation sites (N-methyl/N-ethyl adjacent to an activating group) is 2. The van der Waals surface area contributed by atoms with Crippen LogP contribution in [-0.2, 0) is 27.2 Å². The number of aromatic amines is 2. The number of thiophene rings is 2. The van der Waals surface area contributed by atoms with Crippen molar-refractivity contribution in [2.45, 2.75) is 123 Å². The first-order valence-corrected chi connectivity index (χ1v) is 30.9. The van der Waals surface area contributed by atoms with Crippen molar-refractivity contribution in [1.82, 2.24) is 51.2 Å². The van der Waals surface area contributed by atoms with Gasteiger partial charge in [-0.25, -0.2) is 14.8 Å². The van der Waals surface area contributed by atoms with E-state index in [9.17, 15) is 24.0 Å². The average molecular weight is 1330 g/mol. The van der Waals surface area contributed by atoms with E-state index in [2.05, 4.69) is 101 Å². The minimum Gasteiger partial charge on any atom is -0.444 e. The number of hydrogen-bond donors (Lipinski definition) is 5. The normalized spacial score (nSPS) is 16.8. The van der Waals surface area contributed by atoms with Gasteiger partial charge in [-0.05, 0) is 118 Å². The summed E-state index contributed by atoms with van der Waals surface area (Å²) in [4.78, 5) is 80.1. The van der Waals surface area contributed by atoms with Crippen LogP contribution in [0.25, 0.3) is 0 Å². The Kier molecular flexibility index (Phi) is 27.0. The maximum Gasteiger partial charge on any atom is 0.410 e. The number of carbonyl (C=O) groups is 5. The second-order valence-electron chi connectivity index (χ2n) is 20.5. The number of nitrogens with zero attached hydrogens (tertiary/aromatic N) is 7. The van der Waals surface area contributed by atoms with Crippen molar-refractivity contribution in [3.63, 3.8) is 0 Å². The maximum atomic E-state index is 13.3. The minimum absolute atomic E-state index is 0. The first-order chi connectivity index (χ1) is 38.3. The number of rotatable bonds is 8. The Hall–Kier alpha value is -6.22. The van der Waals surface area contributed by atoms with E-state index in [1.165, 1.54) is 8.45 Å². The summed E-state index contributed by atoms with van der Waals surface area (Å²) in [7, 11) is 3.51. The van der Waals surface area contributed by atoms with E-state index in [-0.39, 0.29) is 59.3 Å². The van der Waals surface area contributed by atoms with Crippen LogP contribution in [-0.4, -0.2) is 134 Å².